The highest BCUT2D eigenvalue weighted by Gasteiger charge is 2.20. The fraction of sp³-hybridized carbons (Fsp3) is 0.500. The van der Waals surface area contributed by atoms with Gasteiger partial charge in [0.1, 0.15) is 0 Å². The lowest BCUT2D eigenvalue weighted by atomic mass is 10.1. The zero-order valence-corrected chi connectivity index (χ0v) is 18.2. The molecule has 2 aromatic rings. The van der Waals surface area contributed by atoms with E-state index in [0.717, 1.165) is 43.6 Å². The number of hydrazone groups is 1. The van der Waals surface area contributed by atoms with Gasteiger partial charge in [0.25, 0.3) is 0 Å². The van der Waals surface area contributed by atoms with Crippen LogP contribution in [0.3, 0.4) is 0 Å². The number of hydrogen-bond acceptors (Lipinski definition) is 7. The number of aromatic nitrogens is 3. The van der Waals surface area contributed by atoms with E-state index in [9.17, 15) is 0 Å². The Morgan fingerprint density at radius 3 is 1.86 bits per heavy atom. The lowest BCUT2D eigenvalue weighted by Crippen LogP contribution is -2.34. The molecule has 1 aromatic heterocycles. The second-order valence-corrected chi connectivity index (χ2v) is 8.52. The van der Waals surface area contributed by atoms with Crippen LogP contribution in [-0.4, -0.2) is 47.3 Å². The minimum absolute atomic E-state index is 0.512. The molecule has 0 amide bonds. The van der Waals surface area contributed by atoms with E-state index in [1.165, 1.54) is 42.1 Å². The fourth-order valence-corrected chi connectivity index (χ4v) is 3.95. The Hall–Kier alpha value is -1.97. The van der Waals surface area contributed by atoms with Crippen molar-refractivity contribution in [2.45, 2.75) is 38.5 Å². The quantitative estimate of drug-likeness (QED) is 0.389. The molecule has 1 N–H and O–H groups in total. The number of halogens is 1. The lowest BCUT2D eigenvalue weighted by molar-refractivity contribution is 0.556. The van der Waals surface area contributed by atoms with Crippen molar-refractivity contribution in [3.05, 3.63) is 33.4 Å². The van der Waals surface area contributed by atoms with Crippen LogP contribution in [0.5, 0.6) is 0 Å². The maximum absolute atomic E-state index is 4.79. The molecule has 28 heavy (non-hydrogen) atoms. The van der Waals surface area contributed by atoms with E-state index >= 15 is 0 Å². The molecule has 7 nitrogen and oxygen atoms in total. The van der Waals surface area contributed by atoms with Gasteiger partial charge in [0.2, 0.25) is 17.8 Å². The highest BCUT2D eigenvalue weighted by molar-refractivity contribution is 14.1. The molecular formula is C20H26IN7. The number of hydrogen-bond donors (Lipinski definition) is 1. The van der Waals surface area contributed by atoms with Crippen molar-refractivity contribution in [1.82, 2.24) is 15.0 Å². The first-order valence-corrected chi connectivity index (χ1v) is 11.2. The maximum Gasteiger partial charge on any atom is 0.250 e. The summed E-state index contributed by atoms with van der Waals surface area (Å²) in [5.41, 5.74) is 4.06. The molecule has 0 bridgehead atoms. The van der Waals surface area contributed by atoms with Gasteiger partial charge in [0.15, 0.2) is 0 Å². The fourth-order valence-electron chi connectivity index (χ4n) is 3.59. The molecule has 0 saturated carbocycles. The smallest absolute Gasteiger partial charge is 0.250 e. The molecule has 148 valence electrons. The van der Waals surface area contributed by atoms with Crippen LogP contribution >= 0.6 is 22.6 Å². The van der Waals surface area contributed by atoms with Gasteiger partial charge in [-0.25, -0.2) is 5.43 Å². The zero-order valence-electron chi connectivity index (χ0n) is 16.0. The summed E-state index contributed by atoms with van der Waals surface area (Å²) < 4.78 is 1.21. The molecule has 2 fully saturated rings. The van der Waals surface area contributed by atoms with Gasteiger partial charge in [-0.2, -0.15) is 20.1 Å². The summed E-state index contributed by atoms with van der Waals surface area (Å²) in [4.78, 5) is 18.6. The van der Waals surface area contributed by atoms with Crippen LogP contribution in [0.15, 0.2) is 29.4 Å². The minimum Gasteiger partial charge on any atom is -0.341 e. The Bertz CT molecular complexity index is 760. The van der Waals surface area contributed by atoms with Crippen molar-refractivity contribution in [2.24, 2.45) is 5.10 Å². The van der Waals surface area contributed by atoms with Gasteiger partial charge in [-0.3, -0.25) is 0 Å². The number of benzene rings is 1. The van der Waals surface area contributed by atoms with Gasteiger partial charge >= 0.3 is 0 Å². The van der Waals surface area contributed by atoms with Crippen LogP contribution < -0.4 is 15.2 Å². The summed E-state index contributed by atoms with van der Waals surface area (Å²) in [5.74, 6) is 2.04. The summed E-state index contributed by atoms with van der Waals surface area (Å²) in [5, 5.41) is 4.35. The Balaban J connectivity index is 1.54. The van der Waals surface area contributed by atoms with Gasteiger partial charge in [0.05, 0.1) is 6.21 Å². The lowest BCUT2D eigenvalue weighted by Gasteiger charge is -2.30. The second kappa shape index (κ2) is 9.49. The van der Waals surface area contributed by atoms with E-state index in [2.05, 4.69) is 65.0 Å². The standard InChI is InChI=1S/C20H26IN7/c21-17-9-7-16(8-10-17)15-22-26-18-23-19(27-11-3-1-4-12-27)25-20(24-18)28-13-5-2-6-14-28/h7-10,15H,1-6,11-14H2,(H,23,24,25,26). The van der Waals surface area contributed by atoms with E-state index in [1.807, 2.05) is 12.1 Å². The van der Waals surface area contributed by atoms with Crippen molar-refractivity contribution in [3.8, 4) is 0 Å². The van der Waals surface area contributed by atoms with Crippen molar-refractivity contribution >= 4 is 46.7 Å². The Kier molecular flexibility index (Phi) is 6.56. The molecule has 8 heteroatoms. The number of rotatable bonds is 5. The zero-order chi connectivity index (χ0) is 19.2. The SMILES string of the molecule is Ic1ccc(C=NNc2nc(N3CCCCC3)nc(N3CCCCC3)n2)cc1. The topological polar surface area (TPSA) is 69.5 Å². The van der Waals surface area contributed by atoms with E-state index < -0.39 is 0 Å². The third-order valence-corrected chi connectivity index (χ3v) is 5.86. The Morgan fingerprint density at radius 1 is 0.786 bits per heavy atom. The van der Waals surface area contributed by atoms with E-state index in [0.29, 0.717) is 5.95 Å². The molecule has 0 aliphatic carbocycles. The van der Waals surface area contributed by atoms with E-state index in [-0.39, 0.29) is 0 Å². The van der Waals surface area contributed by atoms with Gasteiger partial charge in [-0.1, -0.05) is 12.1 Å². The highest BCUT2D eigenvalue weighted by Crippen LogP contribution is 2.22. The van der Waals surface area contributed by atoms with Crippen LogP contribution in [0, 0.1) is 3.57 Å². The molecular weight excluding hydrogens is 465 g/mol. The summed E-state index contributed by atoms with van der Waals surface area (Å²) >= 11 is 2.30. The Labute approximate surface area is 179 Å². The third kappa shape index (κ3) is 5.09. The average Bonchev–Trinajstić information content (AvgIpc) is 2.76. The van der Waals surface area contributed by atoms with Crippen LogP contribution in [0.2, 0.25) is 0 Å². The summed E-state index contributed by atoms with van der Waals surface area (Å²) in [6.07, 6.45) is 9.13. The van der Waals surface area contributed by atoms with Crippen LogP contribution in [0.4, 0.5) is 17.8 Å². The molecule has 0 radical (unpaired) electrons. The van der Waals surface area contributed by atoms with Crippen LogP contribution in [-0.2, 0) is 0 Å². The van der Waals surface area contributed by atoms with Gasteiger partial charge < -0.3 is 9.80 Å². The predicted molar refractivity (Wildman–Crippen MR) is 122 cm³/mol. The number of piperidine rings is 2. The highest BCUT2D eigenvalue weighted by atomic mass is 127. The molecule has 4 rings (SSSR count). The summed E-state index contributed by atoms with van der Waals surface area (Å²) in [7, 11) is 0. The molecule has 0 atom stereocenters. The van der Waals surface area contributed by atoms with E-state index in [4.69, 9.17) is 4.98 Å². The normalized spacial score (nSPS) is 17.9. The molecule has 2 saturated heterocycles. The van der Waals surface area contributed by atoms with Crippen molar-refractivity contribution in [3.63, 3.8) is 0 Å². The number of nitrogens with zero attached hydrogens (tertiary/aromatic N) is 6. The molecule has 2 aliphatic rings. The van der Waals surface area contributed by atoms with Gasteiger partial charge in [-0.05, 0) is 78.8 Å². The first-order valence-electron chi connectivity index (χ1n) is 10.1. The predicted octanol–water partition coefficient (Wildman–Crippen LogP) is 3.90. The molecule has 1 aromatic carbocycles. The second-order valence-electron chi connectivity index (χ2n) is 7.28. The number of anilines is 3. The molecule has 2 aliphatic heterocycles. The van der Waals surface area contributed by atoms with Crippen molar-refractivity contribution in [2.75, 3.05) is 41.4 Å². The first kappa shape index (κ1) is 19.4. The van der Waals surface area contributed by atoms with Crippen molar-refractivity contribution in [1.29, 1.82) is 0 Å². The van der Waals surface area contributed by atoms with E-state index in [1.54, 1.807) is 6.21 Å². The molecule has 0 unspecified atom stereocenters. The maximum atomic E-state index is 4.79. The summed E-state index contributed by atoms with van der Waals surface area (Å²) in [6.45, 7) is 4.03. The largest absolute Gasteiger partial charge is 0.341 e. The third-order valence-electron chi connectivity index (χ3n) is 5.14. The Morgan fingerprint density at radius 2 is 1.32 bits per heavy atom. The van der Waals surface area contributed by atoms with Crippen LogP contribution in [0.25, 0.3) is 0 Å². The first-order chi connectivity index (χ1) is 13.8. The van der Waals surface area contributed by atoms with Crippen molar-refractivity contribution < 1.29 is 0 Å². The average molecular weight is 491 g/mol. The molecule has 3 heterocycles. The summed E-state index contributed by atoms with van der Waals surface area (Å²) in [6, 6.07) is 8.21. The molecule has 0 spiro atoms. The van der Waals surface area contributed by atoms with Gasteiger partial charge in [0, 0.05) is 29.7 Å². The minimum atomic E-state index is 0.512. The van der Waals surface area contributed by atoms with Gasteiger partial charge in [-0.15, -0.1) is 0 Å². The van der Waals surface area contributed by atoms with Crippen LogP contribution in [0.1, 0.15) is 44.1 Å². The number of nitrogens with one attached hydrogen (secondary N) is 1. The monoisotopic (exact) mass is 491 g/mol.